The van der Waals surface area contributed by atoms with Crippen LogP contribution in [0.2, 0.25) is 0 Å². The summed E-state index contributed by atoms with van der Waals surface area (Å²) in [4.78, 5) is 40.9. The summed E-state index contributed by atoms with van der Waals surface area (Å²) in [6.45, 7) is 2.73. The number of likely N-dealkylation sites (tertiary alicyclic amines) is 2. The Balaban J connectivity index is 1.31. The topological polar surface area (TPSA) is 78.9 Å². The Morgan fingerprint density at radius 1 is 1.10 bits per heavy atom. The molecule has 3 aliphatic rings. The molecule has 2 aromatic rings. The largest absolute Gasteiger partial charge is 0.497 e. The maximum absolute atomic E-state index is 13.1. The van der Waals surface area contributed by atoms with Gasteiger partial charge in [-0.05, 0) is 43.2 Å². The molecule has 0 bridgehead atoms. The number of carbonyl (C=O) groups excluding carboxylic acids is 2. The van der Waals surface area contributed by atoms with E-state index in [-0.39, 0.29) is 29.2 Å². The summed E-state index contributed by atoms with van der Waals surface area (Å²) >= 11 is 0. The minimum Gasteiger partial charge on any atom is -0.497 e. The molecule has 0 radical (unpaired) electrons. The summed E-state index contributed by atoms with van der Waals surface area (Å²) in [6, 6.07) is 9.04. The SMILES string of the molecule is COc1ccc(C(=O)N2CCC3(CC2)[C@H]2CN(c4ncccn4)C[C@H]2C(=O)N3C)cc1. The number of piperidine rings is 1. The summed E-state index contributed by atoms with van der Waals surface area (Å²) < 4.78 is 5.19. The summed E-state index contributed by atoms with van der Waals surface area (Å²) in [5.74, 6) is 1.86. The third kappa shape index (κ3) is 3.12. The van der Waals surface area contributed by atoms with E-state index >= 15 is 0 Å². The van der Waals surface area contributed by atoms with Gasteiger partial charge in [-0.1, -0.05) is 0 Å². The molecule has 4 heterocycles. The standard InChI is InChI=1S/C23H27N5O3/c1-26-21(30)18-14-28(22-24-10-3-11-25-22)15-19(18)23(26)8-12-27(13-9-23)20(29)16-4-6-17(31-2)7-5-16/h3-7,10-11,18-19H,8-9,12-15H2,1-2H3/t18-,19+/m1/s1. The van der Waals surface area contributed by atoms with Gasteiger partial charge in [0.2, 0.25) is 11.9 Å². The molecule has 3 aliphatic heterocycles. The lowest BCUT2D eigenvalue weighted by atomic mass is 9.75. The van der Waals surface area contributed by atoms with Gasteiger partial charge in [0, 0.05) is 57.1 Å². The van der Waals surface area contributed by atoms with E-state index < -0.39 is 0 Å². The van der Waals surface area contributed by atoms with E-state index in [1.165, 1.54) is 0 Å². The molecule has 0 aliphatic carbocycles. The average Bonchev–Trinajstić information content (AvgIpc) is 3.35. The monoisotopic (exact) mass is 421 g/mol. The van der Waals surface area contributed by atoms with Crippen molar-refractivity contribution in [2.45, 2.75) is 18.4 Å². The lowest BCUT2D eigenvalue weighted by Crippen LogP contribution is -2.56. The van der Waals surface area contributed by atoms with Gasteiger partial charge in [-0.25, -0.2) is 9.97 Å². The highest BCUT2D eigenvalue weighted by molar-refractivity contribution is 5.94. The van der Waals surface area contributed by atoms with Crippen LogP contribution in [0.3, 0.4) is 0 Å². The minimum absolute atomic E-state index is 0.0300. The van der Waals surface area contributed by atoms with E-state index in [4.69, 9.17) is 4.74 Å². The van der Waals surface area contributed by atoms with Crippen LogP contribution in [0.1, 0.15) is 23.2 Å². The molecule has 5 rings (SSSR count). The number of aromatic nitrogens is 2. The summed E-state index contributed by atoms with van der Waals surface area (Å²) in [5.41, 5.74) is 0.459. The fourth-order valence-corrected chi connectivity index (χ4v) is 5.65. The lowest BCUT2D eigenvalue weighted by molar-refractivity contribution is -0.133. The third-order valence-electron chi connectivity index (χ3n) is 7.41. The Bertz CT molecular complexity index is 972. The molecule has 8 heteroatoms. The molecule has 162 valence electrons. The van der Waals surface area contributed by atoms with Gasteiger partial charge in [-0.2, -0.15) is 0 Å². The molecule has 0 unspecified atom stereocenters. The molecular weight excluding hydrogens is 394 g/mol. The number of benzene rings is 1. The van der Waals surface area contributed by atoms with E-state index in [0.29, 0.717) is 31.1 Å². The number of ether oxygens (including phenoxy) is 1. The Morgan fingerprint density at radius 2 is 1.77 bits per heavy atom. The predicted molar refractivity (Wildman–Crippen MR) is 115 cm³/mol. The number of nitrogens with zero attached hydrogens (tertiary/aromatic N) is 5. The molecule has 1 aromatic heterocycles. The Kier molecular flexibility index (Phi) is 4.79. The second kappa shape index (κ2) is 7.51. The van der Waals surface area contributed by atoms with Crippen molar-refractivity contribution in [2.24, 2.45) is 11.8 Å². The molecule has 3 saturated heterocycles. The number of methoxy groups -OCH3 is 1. The Labute approximate surface area is 181 Å². The molecule has 2 atom stereocenters. The van der Waals surface area contributed by atoms with E-state index in [1.54, 1.807) is 25.6 Å². The van der Waals surface area contributed by atoms with Crippen molar-refractivity contribution in [3.8, 4) is 5.75 Å². The normalized spacial score (nSPS) is 24.6. The van der Waals surface area contributed by atoms with Crippen LogP contribution in [-0.4, -0.2) is 77.5 Å². The zero-order chi connectivity index (χ0) is 21.6. The first-order valence-corrected chi connectivity index (χ1v) is 10.8. The average molecular weight is 422 g/mol. The van der Waals surface area contributed by atoms with Gasteiger partial charge in [0.25, 0.3) is 5.91 Å². The zero-order valence-corrected chi connectivity index (χ0v) is 17.9. The van der Waals surface area contributed by atoms with Gasteiger partial charge in [0.1, 0.15) is 5.75 Å². The van der Waals surface area contributed by atoms with Crippen LogP contribution >= 0.6 is 0 Å². The highest BCUT2D eigenvalue weighted by Gasteiger charge is 2.60. The first-order chi connectivity index (χ1) is 15.0. The van der Waals surface area contributed by atoms with E-state index in [9.17, 15) is 9.59 Å². The van der Waals surface area contributed by atoms with Crippen LogP contribution in [0.4, 0.5) is 5.95 Å². The second-order valence-corrected chi connectivity index (χ2v) is 8.69. The zero-order valence-electron chi connectivity index (χ0n) is 17.9. The van der Waals surface area contributed by atoms with Crippen LogP contribution in [-0.2, 0) is 4.79 Å². The van der Waals surface area contributed by atoms with Crippen molar-refractivity contribution in [1.29, 1.82) is 0 Å². The fourth-order valence-electron chi connectivity index (χ4n) is 5.65. The van der Waals surface area contributed by atoms with Gasteiger partial charge in [-0.15, -0.1) is 0 Å². The predicted octanol–water partition coefficient (Wildman–Crippen LogP) is 1.68. The molecule has 0 saturated carbocycles. The van der Waals surface area contributed by atoms with Crippen LogP contribution < -0.4 is 9.64 Å². The van der Waals surface area contributed by atoms with Crippen LogP contribution in [0.15, 0.2) is 42.7 Å². The minimum atomic E-state index is -0.206. The van der Waals surface area contributed by atoms with Crippen molar-refractivity contribution < 1.29 is 14.3 Å². The van der Waals surface area contributed by atoms with Gasteiger partial charge < -0.3 is 19.4 Å². The van der Waals surface area contributed by atoms with Crippen LogP contribution in [0.25, 0.3) is 0 Å². The van der Waals surface area contributed by atoms with E-state index in [1.807, 2.05) is 41.1 Å². The highest BCUT2D eigenvalue weighted by atomic mass is 16.5. The molecule has 0 N–H and O–H groups in total. The number of anilines is 1. The molecule has 3 fully saturated rings. The van der Waals surface area contributed by atoms with E-state index in [2.05, 4.69) is 14.9 Å². The number of carbonyl (C=O) groups is 2. The molecule has 31 heavy (non-hydrogen) atoms. The van der Waals surface area contributed by atoms with Gasteiger partial charge in [-0.3, -0.25) is 9.59 Å². The second-order valence-electron chi connectivity index (χ2n) is 8.69. The number of hydrogen-bond donors (Lipinski definition) is 0. The summed E-state index contributed by atoms with van der Waals surface area (Å²) in [7, 11) is 3.55. The molecule has 1 aromatic carbocycles. The fraction of sp³-hybridized carbons (Fsp3) is 0.478. The summed E-state index contributed by atoms with van der Waals surface area (Å²) in [6.07, 6.45) is 5.07. The first-order valence-electron chi connectivity index (χ1n) is 10.8. The molecule has 1 spiro atoms. The Morgan fingerprint density at radius 3 is 2.42 bits per heavy atom. The number of amides is 2. The van der Waals surface area contributed by atoms with Crippen molar-refractivity contribution in [1.82, 2.24) is 19.8 Å². The highest BCUT2D eigenvalue weighted by Crippen LogP contribution is 2.49. The number of rotatable bonds is 3. The van der Waals surface area contributed by atoms with Crippen molar-refractivity contribution in [3.63, 3.8) is 0 Å². The first kappa shape index (κ1) is 19.8. The van der Waals surface area contributed by atoms with Crippen LogP contribution in [0.5, 0.6) is 5.75 Å². The van der Waals surface area contributed by atoms with Crippen LogP contribution in [0, 0.1) is 11.8 Å². The van der Waals surface area contributed by atoms with Gasteiger partial charge >= 0.3 is 0 Å². The number of fused-ring (bicyclic) bond motifs is 2. The summed E-state index contributed by atoms with van der Waals surface area (Å²) in [5, 5.41) is 0. The van der Waals surface area contributed by atoms with Gasteiger partial charge in [0.05, 0.1) is 18.6 Å². The van der Waals surface area contributed by atoms with Crippen molar-refractivity contribution in [3.05, 3.63) is 48.3 Å². The van der Waals surface area contributed by atoms with Crippen molar-refractivity contribution in [2.75, 3.05) is 45.2 Å². The molecular formula is C23H27N5O3. The smallest absolute Gasteiger partial charge is 0.253 e. The van der Waals surface area contributed by atoms with Gasteiger partial charge in [0.15, 0.2) is 0 Å². The Hall–Kier alpha value is -3.16. The quantitative estimate of drug-likeness (QED) is 0.751. The third-order valence-corrected chi connectivity index (χ3v) is 7.41. The lowest BCUT2D eigenvalue weighted by Gasteiger charge is -2.46. The maximum Gasteiger partial charge on any atom is 0.253 e. The maximum atomic E-state index is 13.1. The molecule has 2 amide bonds. The van der Waals surface area contributed by atoms with E-state index in [0.717, 1.165) is 25.1 Å². The number of hydrogen-bond acceptors (Lipinski definition) is 6. The molecule has 8 nitrogen and oxygen atoms in total. The van der Waals surface area contributed by atoms with Crippen molar-refractivity contribution >= 4 is 17.8 Å².